The van der Waals surface area contributed by atoms with Crippen molar-refractivity contribution in [3.63, 3.8) is 0 Å². The fraction of sp³-hybridized carbons (Fsp3) is 0.233. The van der Waals surface area contributed by atoms with Gasteiger partial charge in [-0.05, 0) is 46.4 Å². The average Bonchev–Trinajstić information content (AvgIpc) is 3.30. The smallest absolute Gasteiger partial charge is 0.224 e. The number of aromatic nitrogens is 1. The van der Waals surface area contributed by atoms with Crippen molar-refractivity contribution in [3.05, 3.63) is 120 Å². The van der Waals surface area contributed by atoms with Gasteiger partial charge in [-0.1, -0.05) is 78.9 Å². The second-order valence-electron chi connectivity index (χ2n) is 9.09. The number of nitrogens with zero attached hydrogens (tertiary/aromatic N) is 2. The number of aryl methyl sites for hydroxylation is 1. The highest BCUT2D eigenvalue weighted by molar-refractivity contribution is 5.79. The molecule has 1 aromatic heterocycles. The lowest BCUT2D eigenvalue weighted by Gasteiger charge is -2.36. The Labute approximate surface area is 201 Å². The van der Waals surface area contributed by atoms with Crippen molar-refractivity contribution in [3.8, 4) is 11.1 Å². The van der Waals surface area contributed by atoms with Crippen molar-refractivity contribution in [1.29, 1.82) is 0 Å². The van der Waals surface area contributed by atoms with Crippen molar-refractivity contribution in [2.75, 3.05) is 13.1 Å². The standard InChI is InChI=1S/C30H31N3O/c1-32-18-7-12-28(32)29(33-19-17-25-10-5-6-11-27(25)22-33)21-31-30(34)20-23-13-15-26(16-14-23)24-8-3-2-4-9-24/h2-16,18,29H,17,19-22H2,1H3,(H,31,34). The first kappa shape index (κ1) is 22.2. The molecule has 3 aromatic carbocycles. The second kappa shape index (κ2) is 10.1. The minimum atomic E-state index is 0.0593. The maximum atomic E-state index is 12.9. The van der Waals surface area contributed by atoms with Crippen LogP contribution in [0, 0.1) is 0 Å². The Morgan fingerprint density at radius 2 is 1.56 bits per heavy atom. The molecule has 0 spiro atoms. The summed E-state index contributed by atoms with van der Waals surface area (Å²) in [6, 6.07) is 31.7. The molecule has 0 saturated heterocycles. The van der Waals surface area contributed by atoms with Crippen molar-refractivity contribution in [2.45, 2.75) is 25.4 Å². The maximum absolute atomic E-state index is 12.9. The van der Waals surface area contributed by atoms with Crippen LogP contribution in [0.25, 0.3) is 11.1 Å². The van der Waals surface area contributed by atoms with Crippen LogP contribution < -0.4 is 5.32 Å². The Bertz CT molecular complexity index is 1240. The maximum Gasteiger partial charge on any atom is 0.224 e. The predicted octanol–water partition coefficient (Wildman–Crippen LogP) is 5.15. The van der Waals surface area contributed by atoms with Gasteiger partial charge in [-0.25, -0.2) is 0 Å². The summed E-state index contributed by atoms with van der Waals surface area (Å²) < 4.78 is 2.17. The molecule has 172 valence electrons. The lowest BCUT2D eigenvalue weighted by atomic mass is 9.97. The third-order valence-corrected chi connectivity index (χ3v) is 6.84. The third-order valence-electron chi connectivity index (χ3n) is 6.84. The van der Waals surface area contributed by atoms with E-state index in [1.807, 2.05) is 18.2 Å². The first-order valence-electron chi connectivity index (χ1n) is 12.0. The van der Waals surface area contributed by atoms with Crippen LogP contribution in [-0.2, 0) is 31.2 Å². The monoisotopic (exact) mass is 449 g/mol. The van der Waals surface area contributed by atoms with E-state index in [0.717, 1.165) is 25.1 Å². The fourth-order valence-electron chi connectivity index (χ4n) is 4.93. The van der Waals surface area contributed by atoms with E-state index in [1.165, 1.54) is 27.9 Å². The van der Waals surface area contributed by atoms with E-state index in [4.69, 9.17) is 0 Å². The van der Waals surface area contributed by atoms with Crippen LogP contribution in [0.4, 0.5) is 0 Å². The first-order valence-corrected chi connectivity index (χ1v) is 12.0. The number of carbonyl (C=O) groups excluding carboxylic acids is 1. The van der Waals surface area contributed by atoms with Crippen molar-refractivity contribution < 1.29 is 4.79 Å². The minimum absolute atomic E-state index is 0.0593. The molecular weight excluding hydrogens is 418 g/mol. The molecule has 1 unspecified atom stereocenters. The zero-order chi connectivity index (χ0) is 23.3. The predicted molar refractivity (Wildman–Crippen MR) is 137 cm³/mol. The first-order chi connectivity index (χ1) is 16.7. The van der Waals surface area contributed by atoms with Gasteiger partial charge in [0.1, 0.15) is 0 Å². The van der Waals surface area contributed by atoms with Gasteiger partial charge in [-0.2, -0.15) is 0 Å². The van der Waals surface area contributed by atoms with Crippen LogP contribution in [0.3, 0.4) is 0 Å². The lowest BCUT2D eigenvalue weighted by Crippen LogP contribution is -2.41. The summed E-state index contributed by atoms with van der Waals surface area (Å²) in [7, 11) is 2.08. The van der Waals surface area contributed by atoms with Gasteiger partial charge in [0.15, 0.2) is 0 Å². The van der Waals surface area contributed by atoms with E-state index in [2.05, 4.69) is 101 Å². The van der Waals surface area contributed by atoms with E-state index in [-0.39, 0.29) is 11.9 Å². The van der Waals surface area contributed by atoms with Gasteiger partial charge in [0, 0.05) is 38.6 Å². The molecule has 1 aliphatic heterocycles. The molecule has 0 radical (unpaired) electrons. The van der Waals surface area contributed by atoms with Crippen molar-refractivity contribution in [2.24, 2.45) is 7.05 Å². The van der Waals surface area contributed by atoms with Crippen LogP contribution in [0.1, 0.15) is 28.4 Å². The van der Waals surface area contributed by atoms with Gasteiger partial charge < -0.3 is 9.88 Å². The number of rotatable bonds is 7. The Morgan fingerprint density at radius 1 is 0.853 bits per heavy atom. The van der Waals surface area contributed by atoms with Crippen LogP contribution in [0.5, 0.6) is 0 Å². The Hall–Kier alpha value is -3.63. The van der Waals surface area contributed by atoms with E-state index >= 15 is 0 Å². The Morgan fingerprint density at radius 3 is 2.29 bits per heavy atom. The zero-order valence-corrected chi connectivity index (χ0v) is 19.7. The van der Waals surface area contributed by atoms with Gasteiger partial charge in [-0.15, -0.1) is 0 Å². The molecular formula is C30H31N3O. The Kier molecular flexibility index (Phi) is 6.59. The number of hydrogen-bond donors (Lipinski definition) is 1. The summed E-state index contributed by atoms with van der Waals surface area (Å²) in [6.45, 7) is 2.49. The summed E-state index contributed by atoms with van der Waals surface area (Å²) in [5.41, 5.74) is 7.43. The zero-order valence-electron chi connectivity index (χ0n) is 19.7. The number of hydrogen-bond acceptors (Lipinski definition) is 2. The molecule has 0 aliphatic carbocycles. The van der Waals surface area contributed by atoms with Crippen LogP contribution in [0.15, 0.2) is 97.2 Å². The quantitative estimate of drug-likeness (QED) is 0.424. The number of benzene rings is 3. The Balaban J connectivity index is 1.25. The molecule has 5 rings (SSSR count). The molecule has 1 amide bonds. The number of fused-ring (bicyclic) bond motifs is 1. The van der Waals surface area contributed by atoms with Crippen LogP contribution >= 0.6 is 0 Å². The molecule has 0 saturated carbocycles. The summed E-state index contributed by atoms with van der Waals surface area (Å²) >= 11 is 0. The van der Waals surface area contributed by atoms with E-state index in [1.54, 1.807) is 0 Å². The van der Waals surface area contributed by atoms with E-state index in [0.29, 0.717) is 13.0 Å². The summed E-state index contributed by atoms with van der Waals surface area (Å²) in [5, 5.41) is 3.22. The van der Waals surface area contributed by atoms with Crippen LogP contribution in [-0.4, -0.2) is 28.5 Å². The highest BCUT2D eigenvalue weighted by atomic mass is 16.1. The van der Waals surface area contributed by atoms with Gasteiger partial charge in [0.25, 0.3) is 0 Å². The molecule has 0 fully saturated rings. The number of amides is 1. The summed E-state index contributed by atoms with van der Waals surface area (Å²) in [6.07, 6.45) is 3.51. The fourth-order valence-corrected chi connectivity index (χ4v) is 4.93. The summed E-state index contributed by atoms with van der Waals surface area (Å²) in [5.74, 6) is 0.0593. The number of carbonyl (C=O) groups is 1. The molecule has 2 heterocycles. The average molecular weight is 450 g/mol. The second-order valence-corrected chi connectivity index (χ2v) is 9.09. The molecule has 1 atom stereocenters. The van der Waals surface area contributed by atoms with Gasteiger partial charge in [0.05, 0.1) is 12.5 Å². The van der Waals surface area contributed by atoms with Gasteiger partial charge in [0.2, 0.25) is 5.91 Å². The normalized spacial score (nSPS) is 14.4. The molecule has 0 bridgehead atoms. The minimum Gasteiger partial charge on any atom is -0.354 e. The SMILES string of the molecule is Cn1cccc1C(CNC(=O)Cc1ccc(-c2ccccc2)cc1)N1CCc2ccccc2C1. The van der Waals surface area contributed by atoms with Crippen molar-refractivity contribution >= 4 is 5.91 Å². The summed E-state index contributed by atoms with van der Waals surface area (Å²) in [4.78, 5) is 15.4. The molecule has 34 heavy (non-hydrogen) atoms. The number of nitrogens with one attached hydrogen (secondary N) is 1. The third kappa shape index (κ3) is 4.97. The van der Waals surface area contributed by atoms with E-state index in [9.17, 15) is 4.79 Å². The van der Waals surface area contributed by atoms with Crippen LogP contribution in [0.2, 0.25) is 0 Å². The molecule has 1 aliphatic rings. The van der Waals surface area contributed by atoms with Crippen molar-refractivity contribution in [1.82, 2.24) is 14.8 Å². The topological polar surface area (TPSA) is 37.3 Å². The van der Waals surface area contributed by atoms with Gasteiger partial charge in [-0.3, -0.25) is 9.69 Å². The lowest BCUT2D eigenvalue weighted by molar-refractivity contribution is -0.120. The molecule has 4 heteroatoms. The molecule has 4 nitrogen and oxygen atoms in total. The molecule has 4 aromatic rings. The van der Waals surface area contributed by atoms with E-state index < -0.39 is 0 Å². The highest BCUT2D eigenvalue weighted by Crippen LogP contribution is 2.28. The van der Waals surface area contributed by atoms with Gasteiger partial charge >= 0.3 is 0 Å². The molecule has 1 N–H and O–H groups in total. The highest BCUT2D eigenvalue weighted by Gasteiger charge is 2.26. The largest absolute Gasteiger partial charge is 0.354 e.